The second-order valence-corrected chi connectivity index (χ2v) is 7.52. The summed E-state index contributed by atoms with van der Waals surface area (Å²) in [7, 11) is 0. The molecule has 130 valence electrons. The molecule has 2 aliphatic heterocycles. The molecule has 1 saturated heterocycles. The minimum absolute atomic E-state index is 0.0546. The number of rotatable bonds is 2. The van der Waals surface area contributed by atoms with Crippen molar-refractivity contribution in [3.8, 4) is 0 Å². The van der Waals surface area contributed by atoms with Crippen molar-refractivity contribution in [1.82, 2.24) is 9.88 Å². The van der Waals surface area contributed by atoms with E-state index >= 15 is 0 Å². The lowest BCUT2D eigenvalue weighted by Gasteiger charge is -2.25. The number of hydrogen-bond acceptors (Lipinski definition) is 3. The van der Waals surface area contributed by atoms with Gasteiger partial charge in [-0.2, -0.15) is 0 Å². The molecule has 2 aliphatic rings. The number of halogens is 1. The van der Waals surface area contributed by atoms with Gasteiger partial charge in [-0.15, -0.1) is 0 Å². The SMILES string of the molecule is C[C@H]1CCN(C(=O)c2cnc3c(c2)C[C@](C)(c2cccc(F)c2)N3)C1. The van der Waals surface area contributed by atoms with Gasteiger partial charge in [0.2, 0.25) is 0 Å². The molecule has 0 saturated carbocycles. The maximum absolute atomic E-state index is 13.6. The van der Waals surface area contributed by atoms with Gasteiger partial charge in [-0.1, -0.05) is 19.1 Å². The Labute approximate surface area is 147 Å². The predicted molar refractivity (Wildman–Crippen MR) is 95.0 cm³/mol. The standard InChI is InChI=1S/C20H22FN3O/c1-13-6-7-24(12-13)19(25)15-8-14-10-20(2,23-18(14)22-11-15)16-4-3-5-17(21)9-16/h3-5,8-9,11,13H,6-7,10,12H2,1-2H3,(H,22,23)/t13-,20+/m0/s1. The molecule has 0 radical (unpaired) electrons. The van der Waals surface area contributed by atoms with Gasteiger partial charge in [-0.05, 0) is 48.6 Å². The van der Waals surface area contributed by atoms with Gasteiger partial charge in [0.25, 0.3) is 5.91 Å². The second-order valence-electron chi connectivity index (χ2n) is 7.52. The Morgan fingerprint density at radius 2 is 2.24 bits per heavy atom. The number of nitrogens with zero attached hydrogens (tertiary/aromatic N) is 2. The predicted octanol–water partition coefficient (Wildman–Crippen LogP) is 3.59. The van der Waals surface area contributed by atoms with Gasteiger partial charge in [0.15, 0.2) is 0 Å². The van der Waals surface area contributed by atoms with Crippen molar-refractivity contribution in [3.63, 3.8) is 0 Å². The third-order valence-electron chi connectivity index (χ3n) is 5.32. The number of carbonyl (C=O) groups excluding carboxylic acids is 1. The van der Waals surface area contributed by atoms with Gasteiger partial charge in [0.1, 0.15) is 11.6 Å². The van der Waals surface area contributed by atoms with Crippen molar-refractivity contribution in [2.45, 2.75) is 32.2 Å². The maximum Gasteiger partial charge on any atom is 0.255 e. The van der Waals surface area contributed by atoms with Gasteiger partial charge in [-0.3, -0.25) is 4.79 Å². The van der Waals surface area contributed by atoms with Gasteiger partial charge >= 0.3 is 0 Å². The summed E-state index contributed by atoms with van der Waals surface area (Å²) in [4.78, 5) is 19.1. The number of amides is 1. The molecule has 0 bridgehead atoms. The fraction of sp³-hybridized carbons (Fsp3) is 0.400. The van der Waals surface area contributed by atoms with Crippen LogP contribution in [-0.4, -0.2) is 28.9 Å². The highest BCUT2D eigenvalue weighted by Gasteiger charge is 2.36. The molecule has 4 rings (SSSR count). The molecule has 1 fully saturated rings. The highest BCUT2D eigenvalue weighted by molar-refractivity contribution is 5.94. The zero-order valence-corrected chi connectivity index (χ0v) is 14.6. The third-order valence-corrected chi connectivity index (χ3v) is 5.32. The summed E-state index contributed by atoms with van der Waals surface area (Å²) in [5.74, 6) is 1.14. The lowest BCUT2D eigenvalue weighted by atomic mass is 9.89. The van der Waals surface area contributed by atoms with Crippen LogP contribution in [0.3, 0.4) is 0 Å². The topological polar surface area (TPSA) is 45.2 Å². The van der Waals surface area contributed by atoms with Crippen LogP contribution >= 0.6 is 0 Å². The van der Waals surface area contributed by atoms with Gasteiger partial charge in [0, 0.05) is 25.7 Å². The number of carbonyl (C=O) groups is 1. The maximum atomic E-state index is 13.6. The zero-order valence-electron chi connectivity index (χ0n) is 14.6. The Balaban J connectivity index is 1.59. The normalized spacial score (nSPS) is 24.9. The summed E-state index contributed by atoms with van der Waals surface area (Å²) >= 11 is 0. The highest BCUT2D eigenvalue weighted by atomic mass is 19.1. The minimum Gasteiger partial charge on any atom is -0.360 e. The third kappa shape index (κ3) is 2.88. The largest absolute Gasteiger partial charge is 0.360 e. The first-order chi connectivity index (χ1) is 11.9. The molecule has 0 aliphatic carbocycles. The summed E-state index contributed by atoms with van der Waals surface area (Å²) in [6.07, 6.45) is 3.38. The summed E-state index contributed by atoms with van der Waals surface area (Å²) in [6.45, 7) is 5.83. The van der Waals surface area contributed by atoms with E-state index < -0.39 is 5.54 Å². The summed E-state index contributed by atoms with van der Waals surface area (Å²) in [5, 5.41) is 3.39. The van der Waals surface area contributed by atoms with Crippen LogP contribution in [0.1, 0.15) is 41.8 Å². The highest BCUT2D eigenvalue weighted by Crippen LogP contribution is 2.38. The molecule has 2 aromatic rings. The molecule has 5 heteroatoms. The van der Waals surface area contributed by atoms with E-state index in [1.165, 1.54) is 6.07 Å². The quantitative estimate of drug-likeness (QED) is 0.909. The molecule has 0 spiro atoms. The van der Waals surface area contributed by atoms with Crippen molar-refractivity contribution in [2.75, 3.05) is 18.4 Å². The fourth-order valence-corrected chi connectivity index (χ4v) is 3.87. The molecule has 1 N–H and O–H groups in total. The number of anilines is 1. The van der Waals surface area contributed by atoms with E-state index in [2.05, 4.69) is 17.2 Å². The molecule has 1 aromatic carbocycles. The lowest BCUT2D eigenvalue weighted by Crippen LogP contribution is -2.29. The number of benzene rings is 1. The monoisotopic (exact) mass is 339 g/mol. The van der Waals surface area contributed by atoms with Crippen LogP contribution in [0.5, 0.6) is 0 Å². The Kier molecular flexibility index (Phi) is 3.74. The van der Waals surface area contributed by atoms with E-state index in [-0.39, 0.29) is 11.7 Å². The molecule has 4 nitrogen and oxygen atoms in total. The molecule has 3 heterocycles. The average molecular weight is 339 g/mol. The van der Waals surface area contributed by atoms with Crippen molar-refractivity contribution in [2.24, 2.45) is 5.92 Å². The lowest BCUT2D eigenvalue weighted by molar-refractivity contribution is 0.0787. The molecule has 2 atom stereocenters. The smallest absolute Gasteiger partial charge is 0.255 e. The van der Waals surface area contributed by atoms with Crippen LogP contribution in [0.15, 0.2) is 36.5 Å². The van der Waals surface area contributed by atoms with E-state index in [9.17, 15) is 9.18 Å². The second kappa shape index (κ2) is 5.83. The number of hydrogen-bond donors (Lipinski definition) is 1. The number of likely N-dealkylation sites (tertiary alicyclic amines) is 1. The van der Waals surface area contributed by atoms with Crippen LogP contribution in [0.25, 0.3) is 0 Å². The van der Waals surface area contributed by atoms with E-state index in [1.54, 1.807) is 18.3 Å². The first-order valence-electron chi connectivity index (χ1n) is 8.77. The molecule has 25 heavy (non-hydrogen) atoms. The van der Waals surface area contributed by atoms with Gasteiger partial charge in [-0.25, -0.2) is 9.37 Å². The number of fused-ring (bicyclic) bond motifs is 1. The summed E-state index contributed by atoms with van der Waals surface area (Å²) in [6, 6.07) is 8.57. The van der Waals surface area contributed by atoms with Crippen LogP contribution in [-0.2, 0) is 12.0 Å². The Hall–Kier alpha value is -2.43. The summed E-state index contributed by atoms with van der Waals surface area (Å²) < 4.78 is 13.6. The van der Waals surface area contributed by atoms with E-state index in [0.29, 0.717) is 17.9 Å². The van der Waals surface area contributed by atoms with E-state index in [0.717, 1.165) is 36.5 Å². The van der Waals surface area contributed by atoms with Crippen LogP contribution < -0.4 is 5.32 Å². The van der Waals surface area contributed by atoms with Gasteiger partial charge < -0.3 is 10.2 Å². The average Bonchev–Trinajstić information content (AvgIpc) is 3.17. The van der Waals surface area contributed by atoms with Crippen molar-refractivity contribution in [1.29, 1.82) is 0 Å². The first kappa shape index (κ1) is 16.1. The Morgan fingerprint density at radius 1 is 1.40 bits per heavy atom. The first-order valence-corrected chi connectivity index (χ1v) is 8.77. The molecular formula is C20H22FN3O. The fourth-order valence-electron chi connectivity index (χ4n) is 3.87. The molecule has 0 unspecified atom stereocenters. The molecular weight excluding hydrogens is 317 g/mol. The number of aromatic nitrogens is 1. The molecule has 1 amide bonds. The number of nitrogens with one attached hydrogen (secondary N) is 1. The van der Waals surface area contributed by atoms with E-state index in [1.807, 2.05) is 24.0 Å². The van der Waals surface area contributed by atoms with Crippen molar-refractivity contribution < 1.29 is 9.18 Å². The molecule has 1 aromatic heterocycles. The Morgan fingerprint density at radius 3 is 2.96 bits per heavy atom. The summed E-state index contributed by atoms with van der Waals surface area (Å²) in [5.41, 5.74) is 2.11. The minimum atomic E-state index is -0.415. The van der Waals surface area contributed by atoms with Crippen LogP contribution in [0, 0.1) is 11.7 Å². The van der Waals surface area contributed by atoms with Crippen molar-refractivity contribution >= 4 is 11.7 Å². The van der Waals surface area contributed by atoms with Crippen LogP contribution in [0.4, 0.5) is 10.2 Å². The zero-order chi connectivity index (χ0) is 17.6. The van der Waals surface area contributed by atoms with Crippen LogP contribution in [0.2, 0.25) is 0 Å². The Bertz CT molecular complexity index is 837. The van der Waals surface area contributed by atoms with Gasteiger partial charge in [0.05, 0.1) is 11.1 Å². The van der Waals surface area contributed by atoms with E-state index in [4.69, 9.17) is 0 Å². The van der Waals surface area contributed by atoms with Crippen molar-refractivity contribution in [3.05, 3.63) is 59.0 Å². The number of pyridine rings is 1.